The van der Waals surface area contributed by atoms with Gasteiger partial charge >= 0.3 is 0 Å². The van der Waals surface area contributed by atoms with E-state index in [4.69, 9.17) is 4.74 Å². The minimum Gasteiger partial charge on any atom is -0.488 e. The Morgan fingerprint density at radius 2 is 1.72 bits per heavy atom. The lowest BCUT2D eigenvalue weighted by Crippen LogP contribution is -1.95. The number of hydrogen-bond donors (Lipinski definition) is 0. The first-order valence-corrected chi connectivity index (χ1v) is 5.94. The van der Waals surface area contributed by atoms with Crippen molar-refractivity contribution < 1.29 is 4.74 Å². The number of benzene rings is 2. The van der Waals surface area contributed by atoms with Crippen molar-refractivity contribution in [2.24, 2.45) is 0 Å². The molecular formula is C16H13NO. The number of ether oxygens (including phenoxy) is 1. The van der Waals surface area contributed by atoms with Gasteiger partial charge < -0.3 is 4.74 Å². The van der Waals surface area contributed by atoms with E-state index in [1.807, 2.05) is 48.5 Å². The zero-order valence-corrected chi connectivity index (χ0v) is 9.91. The minimum absolute atomic E-state index is 0.578. The molecule has 0 radical (unpaired) electrons. The van der Waals surface area contributed by atoms with Crippen LogP contribution in [0.3, 0.4) is 0 Å². The normalized spacial score (nSPS) is 10.4. The molecule has 1 aromatic heterocycles. The van der Waals surface area contributed by atoms with Gasteiger partial charge in [-0.25, -0.2) is 0 Å². The first-order valence-electron chi connectivity index (χ1n) is 5.94. The Balaban J connectivity index is 1.87. The van der Waals surface area contributed by atoms with Crippen LogP contribution in [0.5, 0.6) is 5.75 Å². The SMILES string of the molecule is c1ccc(COc2cccc3ncccc23)cc1. The van der Waals surface area contributed by atoms with Crippen molar-refractivity contribution in [3.63, 3.8) is 0 Å². The lowest BCUT2D eigenvalue weighted by atomic mass is 10.2. The van der Waals surface area contributed by atoms with Crippen LogP contribution in [0.1, 0.15) is 5.56 Å². The van der Waals surface area contributed by atoms with Gasteiger partial charge in [-0.1, -0.05) is 36.4 Å². The highest BCUT2D eigenvalue weighted by atomic mass is 16.5. The van der Waals surface area contributed by atoms with Crippen molar-refractivity contribution in [3.8, 4) is 5.75 Å². The van der Waals surface area contributed by atoms with Crippen LogP contribution in [-0.2, 0) is 6.61 Å². The van der Waals surface area contributed by atoms with Gasteiger partial charge in [0.05, 0.1) is 5.52 Å². The van der Waals surface area contributed by atoms with Crippen LogP contribution < -0.4 is 4.74 Å². The van der Waals surface area contributed by atoms with Crippen LogP contribution in [0, 0.1) is 0 Å². The summed E-state index contributed by atoms with van der Waals surface area (Å²) in [5.74, 6) is 0.879. The van der Waals surface area contributed by atoms with E-state index < -0.39 is 0 Å². The van der Waals surface area contributed by atoms with E-state index in [0.29, 0.717) is 6.61 Å². The number of rotatable bonds is 3. The van der Waals surface area contributed by atoms with Gasteiger partial charge in [0.2, 0.25) is 0 Å². The number of pyridine rings is 1. The van der Waals surface area contributed by atoms with E-state index in [2.05, 4.69) is 17.1 Å². The molecule has 2 nitrogen and oxygen atoms in total. The van der Waals surface area contributed by atoms with Crippen LogP contribution in [0.4, 0.5) is 0 Å². The van der Waals surface area contributed by atoms with E-state index in [0.717, 1.165) is 16.7 Å². The molecule has 3 rings (SSSR count). The number of nitrogens with zero attached hydrogens (tertiary/aromatic N) is 1. The molecule has 88 valence electrons. The second-order valence-corrected chi connectivity index (χ2v) is 4.10. The van der Waals surface area contributed by atoms with Gasteiger partial charge in [0, 0.05) is 11.6 Å². The van der Waals surface area contributed by atoms with Crippen molar-refractivity contribution in [1.82, 2.24) is 4.98 Å². The van der Waals surface area contributed by atoms with Crippen LogP contribution in [0.15, 0.2) is 66.9 Å². The van der Waals surface area contributed by atoms with Crippen molar-refractivity contribution in [1.29, 1.82) is 0 Å². The smallest absolute Gasteiger partial charge is 0.129 e. The zero-order chi connectivity index (χ0) is 12.2. The summed E-state index contributed by atoms with van der Waals surface area (Å²) >= 11 is 0. The summed E-state index contributed by atoms with van der Waals surface area (Å²) in [7, 11) is 0. The Morgan fingerprint density at radius 1 is 0.833 bits per heavy atom. The summed E-state index contributed by atoms with van der Waals surface area (Å²) in [6.07, 6.45) is 1.79. The van der Waals surface area contributed by atoms with Crippen molar-refractivity contribution >= 4 is 10.9 Å². The number of hydrogen-bond acceptors (Lipinski definition) is 2. The molecule has 0 aliphatic heterocycles. The summed E-state index contributed by atoms with van der Waals surface area (Å²) in [4.78, 5) is 4.32. The second kappa shape index (κ2) is 4.88. The Labute approximate surface area is 106 Å². The van der Waals surface area contributed by atoms with E-state index in [9.17, 15) is 0 Å². The lowest BCUT2D eigenvalue weighted by molar-refractivity contribution is 0.310. The van der Waals surface area contributed by atoms with E-state index >= 15 is 0 Å². The highest BCUT2D eigenvalue weighted by Gasteiger charge is 2.02. The maximum Gasteiger partial charge on any atom is 0.129 e. The average Bonchev–Trinajstić information content (AvgIpc) is 2.46. The van der Waals surface area contributed by atoms with Crippen LogP contribution in [-0.4, -0.2) is 4.98 Å². The highest BCUT2D eigenvalue weighted by Crippen LogP contribution is 2.24. The second-order valence-electron chi connectivity index (χ2n) is 4.10. The van der Waals surface area contributed by atoms with Crippen molar-refractivity contribution in [3.05, 3.63) is 72.4 Å². The van der Waals surface area contributed by atoms with Gasteiger partial charge in [0.1, 0.15) is 12.4 Å². The molecule has 3 aromatic rings. The molecular weight excluding hydrogens is 222 g/mol. The summed E-state index contributed by atoms with van der Waals surface area (Å²) in [6, 6.07) is 20.1. The number of fused-ring (bicyclic) bond motifs is 1. The monoisotopic (exact) mass is 235 g/mol. The number of aromatic nitrogens is 1. The molecule has 0 atom stereocenters. The van der Waals surface area contributed by atoms with E-state index in [-0.39, 0.29) is 0 Å². The first-order chi connectivity index (χ1) is 8.93. The Morgan fingerprint density at radius 3 is 2.61 bits per heavy atom. The van der Waals surface area contributed by atoms with Gasteiger partial charge in [0.25, 0.3) is 0 Å². The minimum atomic E-state index is 0.578. The van der Waals surface area contributed by atoms with Crippen LogP contribution in [0.25, 0.3) is 10.9 Å². The molecule has 0 aliphatic carbocycles. The predicted octanol–water partition coefficient (Wildman–Crippen LogP) is 3.81. The molecule has 0 bridgehead atoms. The predicted molar refractivity (Wildman–Crippen MR) is 72.5 cm³/mol. The molecule has 0 amide bonds. The molecule has 2 heteroatoms. The van der Waals surface area contributed by atoms with E-state index in [1.54, 1.807) is 6.20 Å². The van der Waals surface area contributed by atoms with Gasteiger partial charge in [-0.05, 0) is 29.8 Å². The van der Waals surface area contributed by atoms with Gasteiger partial charge in [-0.15, -0.1) is 0 Å². The molecule has 0 N–H and O–H groups in total. The molecule has 0 fully saturated rings. The summed E-state index contributed by atoms with van der Waals surface area (Å²) in [5, 5.41) is 1.05. The summed E-state index contributed by atoms with van der Waals surface area (Å²) in [6.45, 7) is 0.578. The van der Waals surface area contributed by atoms with Gasteiger partial charge in [-0.2, -0.15) is 0 Å². The van der Waals surface area contributed by atoms with Gasteiger partial charge in [0.15, 0.2) is 0 Å². The highest BCUT2D eigenvalue weighted by molar-refractivity contribution is 5.84. The fraction of sp³-hybridized carbons (Fsp3) is 0.0625. The third kappa shape index (κ3) is 2.18. The topological polar surface area (TPSA) is 22.1 Å². The maximum atomic E-state index is 5.87. The average molecular weight is 235 g/mol. The summed E-state index contributed by atoms with van der Waals surface area (Å²) in [5.41, 5.74) is 2.13. The quantitative estimate of drug-likeness (QED) is 0.688. The molecule has 0 saturated heterocycles. The Kier molecular flexibility index (Phi) is 2.92. The lowest BCUT2D eigenvalue weighted by Gasteiger charge is -2.08. The maximum absolute atomic E-state index is 5.87. The molecule has 0 unspecified atom stereocenters. The van der Waals surface area contributed by atoms with Crippen LogP contribution in [0.2, 0.25) is 0 Å². The molecule has 0 spiro atoms. The fourth-order valence-corrected chi connectivity index (χ4v) is 1.94. The fourth-order valence-electron chi connectivity index (χ4n) is 1.94. The molecule has 0 saturated carbocycles. The Bertz CT molecular complexity index is 644. The molecule has 2 aromatic carbocycles. The van der Waals surface area contributed by atoms with Crippen molar-refractivity contribution in [2.45, 2.75) is 6.61 Å². The molecule has 18 heavy (non-hydrogen) atoms. The van der Waals surface area contributed by atoms with Gasteiger partial charge in [-0.3, -0.25) is 4.98 Å². The molecule has 0 aliphatic rings. The largest absolute Gasteiger partial charge is 0.488 e. The zero-order valence-electron chi connectivity index (χ0n) is 9.91. The van der Waals surface area contributed by atoms with Crippen LogP contribution >= 0.6 is 0 Å². The third-order valence-corrected chi connectivity index (χ3v) is 2.84. The third-order valence-electron chi connectivity index (χ3n) is 2.84. The Hall–Kier alpha value is -2.35. The van der Waals surface area contributed by atoms with Crippen molar-refractivity contribution in [2.75, 3.05) is 0 Å². The first kappa shape index (κ1) is 10.8. The van der Waals surface area contributed by atoms with E-state index in [1.165, 1.54) is 5.56 Å². The molecule has 1 heterocycles. The summed E-state index contributed by atoms with van der Waals surface area (Å²) < 4.78 is 5.87. The standard InChI is InChI=1S/C16H13NO/c1-2-6-13(7-3-1)12-18-16-10-4-9-15-14(16)8-5-11-17-15/h1-11H,12H2.